The molecule has 3 heteroatoms. The van der Waals surface area contributed by atoms with Crippen molar-refractivity contribution < 1.29 is 9.53 Å². The fraction of sp³-hybridized carbons (Fsp3) is 0.167. The summed E-state index contributed by atoms with van der Waals surface area (Å²) in [4.78, 5) is 14.7. The maximum absolute atomic E-state index is 10.5. The third-order valence-electron chi connectivity index (χ3n) is 2.11. The highest BCUT2D eigenvalue weighted by Gasteiger charge is 2.05. The van der Waals surface area contributed by atoms with E-state index in [9.17, 15) is 4.79 Å². The van der Waals surface area contributed by atoms with Gasteiger partial charge in [0.1, 0.15) is 5.75 Å². The molecule has 15 heavy (non-hydrogen) atoms. The number of ether oxygens (including phenoxy) is 1. The first-order chi connectivity index (χ1) is 7.31. The van der Waals surface area contributed by atoms with Crippen molar-refractivity contribution >= 4 is 17.2 Å². The molecule has 0 unspecified atom stereocenters. The summed E-state index contributed by atoms with van der Waals surface area (Å²) in [6, 6.07) is 9.44. The maximum Gasteiger partial charge on any atom is 0.160 e. The third kappa shape index (κ3) is 1.96. The van der Waals surface area contributed by atoms with Crippen LogP contribution in [0.2, 0.25) is 0 Å². The van der Waals surface area contributed by atoms with E-state index < -0.39 is 6.10 Å². The number of hydrogen-bond acceptors (Lipinski definition) is 3. The van der Waals surface area contributed by atoms with Gasteiger partial charge in [-0.2, -0.15) is 0 Å². The van der Waals surface area contributed by atoms with Gasteiger partial charge in [-0.15, -0.1) is 0 Å². The van der Waals surface area contributed by atoms with E-state index in [4.69, 9.17) is 4.74 Å². The van der Waals surface area contributed by atoms with Crippen LogP contribution in [0.5, 0.6) is 5.75 Å². The minimum absolute atomic E-state index is 0.434. The van der Waals surface area contributed by atoms with Crippen LogP contribution in [0.15, 0.2) is 36.5 Å². The SMILES string of the molecule is C[C@H](C=O)Oc1ccnc2ccccc12. The molecule has 0 aliphatic rings. The van der Waals surface area contributed by atoms with E-state index in [1.807, 2.05) is 24.3 Å². The zero-order valence-corrected chi connectivity index (χ0v) is 8.38. The van der Waals surface area contributed by atoms with Crippen LogP contribution in [0.3, 0.4) is 0 Å². The van der Waals surface area contributed by atoms with Crippen LogP contribution in [0.1, 0.15) is 6.92 Å². The van der Waals surface area contributed by atoms with E-state index in [2.05, 4.69) is 4.98 Å². The average molecular weight is 201 g/mol. The van der Waals surface area contributed by atoms with Crippen molar-refractivity contribution in [3.8, 4) is 5.75 Å². The van der Waals surface area contributed by atoms with Crippen LogP contribution >= 0.6 is 0 Å². The quantitative estimate of drug-likeness (QED) is 0.714. The van der Waals surface area contributed by atoms with Crippen molar-refractivity contribution in [1.29, 1.82) is 0 Å². The van der Waals surface area contributed by atoms with Crippen molar-refractivity contribution in [1.82, 2.24) is 4.98 Å². The van der Waals surface area contributed by atoms with E-state index in [1.165, 1.54) is 0 Å². The van der Waals surface area contributed by atoms with Crippen LogP contribution < -0.4 is 4.74 Å². The summed E-state index contributed by atoms with van der Waals surface area (Å²) in [6.07, 6.45) is 2.01. The predicted molar refractivity (Wildman–Crippen MR) is 57.9 cm³/mol. The Balaban J connectivity index is 2.46. The molecule has 0 fully saturated rings. The molecule has 2 rings (SSSR count). The monoisotopic (exact) mass is 201 g/mol. The number of aldehydes is 1. The molecular weight excluding hydrogens is 190 g/mol. The molecule has 0 N–H and O–H groups in total. The molecule has 0 amide bonds. The van der Waals surface area contributed by atoms with Crippen molar-refractivity contribution in [3.63, 3.8) is 0 Å². The summed E-state index contributed by atoms with van der Waals surface area (Å²) < 4.78 is 5.47. The number of hydrogen-bond donors (Lipinski definition) is 0. The summed E-state index contributed by atoms with van der Waals surface area (Å²) in [7, 11) is 0. The lowest BCUT2D eigenvalue weighted by molar-refractivity contribution is -0.113. The summed E-state index contributed by atoms with van der Waals surface area (Å²) in [5, 5.41) is 0.925. The van der Waals surface area contributed by atoms with Crippen molar-refractivity contribution in [2.75, 3.05) is 0 Å². The van der Waals surface area contributed by atoms with Gasteiger partial charge in [-0.3, -0.25) is 9.78 Å². The lowest BCUT2D eigenvalue weighted by Gasteiger charge is -2.10. The Kier molecular flexibility index (Phi) is 2.63. The van der Waals surface area contributed by atoms with Gasteiger partial charge in [0, 0.05) is 11.6 Å². The molecule has 0 aliphatic heterocycles. The Hall–Kier alpha value is -1.90. The van der Waals surface area contributed by atoms with Gasteiger partial charge in [-0.05, 0) is 25.1 Å². The Bertz CT molecular complexity index is 477. The molecule has 3 nitrogen and oxygen atoms in total. The fourth-order valence-electron chi connectivity index (χ4n) is 1.40. The number of para-hydroxylation sites is 1. The highest BCUT2D eigenvalue weighted by Crippen LogP contribution is 2.23. The van der Waals surface area contributed by atoms with Crippen LogP contribution in [-0.4, -0.2) is 17.4 Å². The summed E-state index contributed by atoms with van der Waals surface area (Å²) in [5.74, 6) is 0.695. The van der Waals surface area contributed by atoms with E-state index in [-0.39, 0.29) is 0 Å². The third-order valence-corrected chi connectivity index (χ3v) is 2.11. The average Bonchev–Trinajstić information content (AvgIpc) is 2.29. The molecule has 1 heterocycles. The molecule has 0 radical (unpaired) electrons. The number of nitrogens with zero attached hydrogens (tertiary/aromatic N) is 1. The molecule has 1 aromatic carbocycles. The second kappa shape index (κ2) is 4.09. The van der Waals surface area contributed by atoms with E-state index in [1.54, 1.807) is 19.2 Å². The molecule has 0 saturated heterocycles. The Labute approximate surface area is 87.7 Å². The van der Waals surface area contributed by atoms with Gasteiger partial charge in [0.05, 0.1) is 5.52 Å². The maximum atomic E-state index is 10.5. The van der Waals surface area contributed by atoms with Crippen molar-refractivity contribution in [3.05, 3.63) is 36.5 Å². The number of carbonyl (C=O) groups is 1. The second-order valence-corrected chi connectivity index (χ2v) is 3.29. The van der Waals surface area contributed by atoms with Gasteiger partial charge in [0.25, 0.3) is 0 Å². The van der Waals surface area contributed by atoms with E-state index in [0.29, 0.717) is 5.75 Å². The zero-order valence-electron chi connectivity index (χ0n) is 8.38. The molecule has 1 atom stereocenters. The standard InChI is InChI=1S/C12H11NO2/c1-9(8-14)15-12-6-7-13-11-5-3-2-4-10(11)12/h2-9H,1H3/t9-/m1/s1. The number of carbonyl (C=O) groups excluding carboxylic acids is 1. The number of pyridine rings is 1. The van der Waals surface area contributed by atoms with Gasteiger partial charge in [0.2, 0.25) is 0 Å². The fourth-order valence-corrected chi connectivity index (χ4v) is 1.40. The van der Waals surface area contributed by atoms with Gasteiger partial charge >= 0.3 is 0 Å². The highest BCUT2D eigenvalue weighted by atomic mass is 16.5. The van der Waals surface area contributed by atoms with Crippen LogP contribution in [0, 0.1) is 0 Å². The number of fused-ring (bicyclic) bond motifs is 1. The summed E-state index contributed by atoms with van der Waals surface area (Å²) in [5.41, 5.74) is 0.869. The number of aromatic nitrogens is 1. The van der Waals surface area contributed by atoms with Crippen molar-refractivity contribution in [2.24, 2.45) is 0 Å². The number of benzene rings is 1. The first kappa shape index (κ1) is 9.65. The normalized spacial score (nSPS) is 12.3. The molecule has 0 aliphatic carbocycles. The minimum atomic E-state index is -0.434. The van der Waals surface area contributed by atoms with Gasteiger partial charge in [-0.25, -0.2) is 0 Å². The van der Waals surface area contributed by atoms with Gasteiger partial charge < -0.3 is 4.74 Å². The van der Waals surface area contributed by atoms with Crippen LogP contribution in [0.25, 0.3) is 10.9 Å². The molecule has 76 valence electrons. The topological polar surface area (TPSA) is 39.2 Å². The smallest absolute Gasteiger partial charge is 0.160 e. The van der Waals surface area contributed by atoms with Crippen molar-refractivity contribution in [2.45, 2.75) is 13.0 Å². The van der Waals surface area contributed by atoms with E-state index in [0.717, 1.165) is 17.2 Å². The largest absolute Gasteiger partial charge is 0.483 e. The number of rotatable bonds is 3. The molecule has 0 spiro atoms. The predicted octanol–water partition coefficient (Wildman–Crippen LogP) is 2.20. The van der Waals surface area contributed by atoms with E-state index >= 15 is 0 Å². The van der Waals surface area contributed by atoms with Gasteiger partial charge in [-0.1, -0.05) is 12.1 Å². The molecule has 1 aromatic heterocycles. The summed E-state index contributed by atoms with van der Waals surface area (Å²) in [6.45, 7) is 1.71. The molecule has 0 bridgehead atoms. The Morgan fingerprint density at radius 1 is 1.33 bits per heavy atom. The molecular formula is C12H11NO2. The lowest BCUT2D eigenvalue weighted by Crippen LogP contribution is -2.12. The highest BCUT2D eigenvalue weighted by molar-refractivity contribution is 5.84. The first-order valence-corrected chi connectivity index (χ1v) is 4.77. The molecule has 2 aromatic rings. The Morgan fingerprint density at radius 3 is 2.93 bits per heavy atom. The summed E-state index contributed by atoms with van der Waals surface area (Å²) >= 11 is 0. The van der Waals surface area contributed by atoms with Crippen LogP contribution in [-0.2, 0) is 4.79 Å². The minimum Gasteiger partial charge on any atom is -0.483 e. The zero-order chi connectivity index (χ0) is 10.7. The molecule has 0 saturated carbocycles. The van der Waals surface area contributed by atoms with Crippen LogP contribution in [0.4, 0.5) is 0 Å². The first-order valence-electron chi connectivity index (χ1n) is 4.77. The lowest BCUT2D eigenvalue weighted by atomic mass is 10.2. The second-order valence-electron chi connectivity index (χ2n) is 3.29. The van der Waals surface area contributed by atoms with Gasteiger partial charge in [0.15, 0.2) is 12.4 Å². The Morgan fingerprint density at radius 2 is 2.13 bits per heavy atom.